The molecule has 1 unspecified atom stereocenters. The van der Waals surface area contributed by atoms with Crippen molar-refractivity contribution in [2.75, 3.05) is 6.54 Å². The van der Waals surface area contributed by atoms with E-state index in [4.69, 9.17) is 5.11 Å². The van der Waals surface area contributed by atoms with Crippen molar-refractivity contribution in [2.45, 2.75) is 32.9 Å². The van der Waals surface area contributed by atoms with Gasteiger partial charge in [-0.05, 0) is 25.5 Å². The zero-order chi connectivity index (χ0) is 13.8. The second-order valence-electron chi connectivity index (χ2n) is 4.63. The fourth-order valence-electron chi connectivity index (χ4n) is 1.96. The third kappa shape index (κ3) is 3.52. The fraction of sp³-hybridized carbons (Fsp3) is 0.429. The second-order valence-corrected chi connectivity index (χ2v) is 5.75. The number of rotatable bonds is 6. The van der Waals surface area contributed by atoms with Crippen molar-refractivity contribution in [1.29, 1.82) is 0 Å². The number of carbonyl (C=O) groups is 1. The fourth-order valence-corrected chi connectivity index (χ4v) is 2.95. The molecule has 0 spiro atoms. The molecule has 0 fully saturated rings. The molecular formula is C14H18N2O2S. The molecule has 19 heavy (non-hydrogen) atoms. The molecule has 0 aliphatic heterocycles. The molecule has 0 aliphatic rings. The third-order valence-electron chi connectivity index (χ3n) is 3.23. The SMILES string of the molecule is CCC(C)N(CC(=O)O)Cc1nc2ccccc2s1. The van der Waals surface area contributed by atoms with E-state index in [2.05, 4.69) is 18.8 Å². The summed E-state index contributed by atoms with van der Waals surface area (Å²) in [6.45, 7) is 4.78. The van der Waals surface area contributed by atoms with Gasteiger partial charge >= 0.3 is 5.97 Å². The van der Waals surface area contributed by atoms with Crippen LogP contribution in [0.1, 0.15) is 25.3 Å². The maximum atomic E-state index is 10.9. The lowest BCUT2D eigenvalue weighted by molar-refractivity contribution is -0.139. The molecule has 1 heterocycles. The number of thiazole rings is 1. The number of aliphatic carboxylic acids is 1. The Balaban J connectivity index is 2.17. The number of benzene rings is 1. The van der Waals surface area contributed by atoms with Crippen LogP contribution in [0.4, 0.5) is 0 Å². The highest BCUT2D eigenvalue weighted by molar-refractivity contribution is 7.18. The summed E-state index contributed by atoms with van der Waals surface area (Å²) >= 11 is 1.63. The number of nitrogens with zero attached hydrogens (tertiary/aromatic N) is 2. The molecule has 1 aromatic heterocycles. The molecule has 0 saturated carbocycles. The van der Waals surface area contributed by atoms with E-state index in [-0.39, 0.29) is 12.6 Å². The molecule has 5 heteroatoms. The first-order valence-corrected chi connectivity index (χ1v) is 7.22. The van der Waals surface area contributed by atoms with Gasteiger partial charge in [-0.3, -0.25) is 9.69 Å². The Morgan fingerprint density at radius 1 is 1.47 bits per heavy atom. The van der Waals surface area contributed by atoms with E-state index in [9.17, 15) is 4.79 Å². The van der Waals surface area contributed by atoms with Crippen LogP contribution in [0.5, 0.6) is 0 Å². The molecule has 1 aromatic carbocycles. The number of hydrogen-bond donors (Lipinski definition) is 1. The molecule has 102 valence electrons. The summed E-state index contributed by atoms with van der Waals surface area (Å²) in [6.07, 6.45) is 0.929. The third-order valence-corrected chi connectivity index (χ3v) is 4.25. The van der Waals surface area contributed by atoms with Gasteiger partial charge in [0.2, 0.25) is 0 Å². The Bertz CT molecular complexity index is 534. The minimum Gasteiger partial charge on any atom is -0.480 e. The second kappa shape index (κ2) is 6.12. The van der Waals surface area contributed by atoms with E-state index in [0.717, 1.165) is 21.6 Å². The van der Waals surface area contributed by atoms with Crippen LogP contribution in [0.2, 0.25) is 0 Å². The van der Waals surface area contributed by atoms with Gasteiger partial charge in [0.15, 0.2) is 0 Å². The maximum Gasteiger partial charge on any atom is 0.317 e. The summed E-state index contributed by atoms with van der Waals surface area (Å²) < 4.78 is 1.15. The summed E-state index contributed by atoms with van der Waals surface area (Å²) in [4.78, 5) is 17.5. The first-order chi connectivity index (χ1) is 9.10. The summed E-state index contributed by atoms with van der Waals surface area (Å²) in [5.74, 6) is -0.790. The Kier molecular flexibility index (Phi) is 4.50. The lowest BCUT2D eigenvalue weighted by atomic mass is 10.2. The first-order valence-electron chi connectivity index (χ1n) is 6.40. The van der Waals surface area contributed by atoms with Crippen molar-refractivity contribution in [3.63, 3.8) is 0 Å². The van der Waals surface area contributed by atoms with Crippen LogP contribution < -0.4 is 0 Å². The van der Waals surface area contributed by atoms with Crippen molar-refractivity contribution in [1.82, 2.24) is 9.88 Å². The first kappa shape index (κ1) is 14.0. The maximum absolute atomic E-state index is 10.9. The predicted octanol–water partition coefficient (Wildman–Crippen LogP) is 2.98. The standard InChI is InChI=1S/C14H18N2O2S/c1-3-10(2)16(9-14(17)18)8-13-15-11-6-4-5-7-12(11)19-13/h4-7,10H,3,8-9H2,1-2H3,(H,17,18). The monoisotopic (exact) mass is 278 g/mol. The van der Waals surface area contributed by atoms with Crippen molar-refractivity contribution in [2.24, 2.45) is 0 Å². The van der Waals surface area contributed by atoms with Crippen LogP contribution in [0.25, 0.3) is 10.2 Å². The molecule has 4 nitrogen and oxygen atoms in total. The van der Waals surface area contributed by atoms with Gasteiger partial charge in [0.1, 0.15) is 5.01 Å². The van der Waals surface area contributed by atoms with Crippen LogP contribution in [0.15, 0.2) is 24.3 Å². The minimum atomic E-state index is -0.790. The molecule has 0 bridgehead atoms. The molecule has 0 aliphatic carbocycles. The van der Waals surface area contributed by atoms with Gasteiger partial charge in [0.25, 0.3) is 0 Å². The van der Waals surface area contributed by atoms with E-state index in [0.29, 0.717) is 6.54 Å². The van der Waals surface area contributed by atoms with E-state index in [1.807, 2.05) is 29.2 Å². The molecule has 0 saturated heterocycles. The number of hydrogen-bond acceptors (Lipinski definition) is 4. The Hall–Kier alpha value is -1.46. The van der Waals surface area contributed by atoms with Gasteiger partial charge in [-0.25, -0.2) is 4.98 Å². The van der Waals surface area contributed by atoms with E-state index in [1.165, 1.54) is 0 Å². The average molecular weight is 278 g/mol. The van der Waals surface area contributed by atoms with E-state index < -0.39 is 5.97 Å². The summed E-state index contributed by atoms with van der Waals surface area (Å²) in [6, 6.07) is 8.23. The van der Waals surface area contributed by atoms with Crippen LogP contribution >= 0.6 is 11.3 Å². The zero-order valence-electron chi connectivity index (χ0n) is 11.2. The molecule has 1 atom stereocenters. The number of carboxylic acids is 1. The smallest absolute Gasteiger partial charge is 0.317 e. The van der Waals surface area contributed by atoms with Crippen LogP contribution in [-0.4, -0.2) is 33.5 Å². The predicted molar refractivity (Wildman–Crippen MR) is 77.4 cm³/mol. The number of carboxylic acid groups (broad SMARTS) is 1. The highest BCUT2D eigenvalue weighted by Crippen LogP contribution is 2.23. The van der Waals surface area contributed by atoms with Gasteiger partial charge in [-0.2, -0.15) is 0 Å². The zero-order valence-corrected chi connectivity index (χ0v) is 12.0. The van der Waals surface area contributed by atoms with Crippen molar-refractivity contribution >= 4 is 27.5 Å². The average Bonchev–Trinajstić information content (AvgIpc) is 2.78. The van der Waals surface area contributed by atoms with Crippen LogP contribution in [-0.2, 0) is 11.3 Å². The molecule has 0 amide bonds. The molecular weight excluding hydrogens is 260 g/mol. The van der Waals surface area contributed by atoms with Crippen molar-refractivity contribution in [3.8, 4) is 0 Å². The van der Waals surface area contributed by atoms with E-state index in [1.54, 1.807) is 11.3 Å². The molecule has 2 rings (SSSR count). The highest BCUT2D eigenvalue weighted by atomic mass is 32.1. The van der Waals surface area contributed by atoms with Gasteiger partial charge < -0.3 is 5.11 Å². The van der Waals surface area contributed by atoms with Gasteiger partial charge in [-0.15, -0.1) is 11.3 Å². The summed E-state index contributed by atoms with van der Waals surface area (Å²) in [7, 11) is 0. The normalized spacial score (nSPS) is 13.0. The lowest BCUT2D eigenvalue weighted by Crippen LogP contribution is -2.36. The molecule has 1 N–H and O–H groups in total. The Labute approximate surface area is 116 Å². The minimum absolute atomic E-state index is 0.0604. The number of fused-ring (bicyclic) bond motifs is 1. The summed E-state index contributed by atoms with van der Waals surface area (Å²) in [5, 5.41) is 9.96. The van der Waals surface area contributed by atoms with Gasteiger partial charge in [0, 0.05) is 6.04 Å². The summed E-state index contributed by atoms with van der Waals surface area (Å²) in [5.41, 5.74) is 0.988. The van der Waals surface area contributed by atoms with E-state index >= 15 is 0 Å². The van der Waals surface area contributed by atoms with Gasteiger partial charge in [-0.1, -0.05) is 19.1 Å². The Morgan fingerprint density at radius 3 is 2.84 bits per heavy atom. The number of aromatic nitrogens is 1. The van der Waals surface area contributed by atoms with Crippen molar-refractivity contribution < 1.29 is 9.90 Å². The topological polar surface area (TPSA) is 53.4 Å². The molecule has 2 aromatic rings. The highest BCUT2D eigenvalue weighted by Gasteiger charge is 2.17. The van der Waals surface area contributed by atoms with Gasteiger partial charge in [0.05, 0.1) is 23.3 Å². The van der Waals surface area contributed by atoms with Crippen LogP contribution in [0, 0.1) is 0 Å². The number of para-hydroxylation sites is 1. The van der Waals surface area contributed by atoms with Crippen LogP contribution in [0.3, 0.4) is 0 Å². The largest absolute Gasteiger partial charge is 0.480 e. The van der Waals surface area contributed by atoms with Crippen molar-refractivity contribution in [3.05, 3.63) is 29.3 Å². The lowest BCUT2D eigenvalue weighted by Gasteiger charge is -2.25. The molecule has 0 radical (unpaired) electrons. The quantitative estimate of drug-likeness (QED) is 0.882. The Morgan fingerprint density at radius 2 is 2.21 bits per heavy atom.